The number of esters is 1. The first-order valence-electron chi connectivity index (χ1n) is 9.41. The Morgan fingerprint density at radius 2 is 1.77 bits per heavy atom. The zero-order valence-corrected chi connectivity index (χ0v) is 16.3. The minimum atomic E-state index is -1.31. The highest BCUT2D eigenvalue weighted by molar-refractivity contribution is 5.97. The van der Waals surface area contributed by atoms with Crippen molar-refractivity contribution < 1.29 is 23.5 Å². The van der Waals surface area contributed by atoms with Crippen molar-refractivity contribution in [3.05, 3.63) is 70.7 Å². The Kier molecular flexibility index (Phi) is 6.63. The molecule has 1 aromatic heterocycles. The van der Waals surface area contributed by atoms with Gasteiger partial charge in [-0.1, -0.05) is 42.5 Å². The molecular weight excluding hydrogens is 390 g/mol. The van der Waals surface area contributed by atoms with E-state index in [1.54, 1.807) is 61.5 Å². The van der Waals surface area contributed by atoms with E-state index in [0.29, 0.717) is 23.2 Å². The lowest BCUT2D eigenvalue weighted by Gasteiger charge is -2.17. The summed E-state index contributed by atoms with van der Waals surface area (Å²) in [5.74, 6) is -2.06. The van der Waals surface area contributed by atoms with Gasteiger partial charge in [0, 0.05) is 18.7 Å². The Labute approximate surface area is 171 Å². The molecule has 3 amide bonds. The van der Waals surface area contributed by atoms with Gasteiger partial charge in [-0.05, 0) is 19.1 Å². The van der Waals surface area contributed by atoms with Crippen LogP contribution in [0.5, 0.6) is 0 Å². The van der Waals surface area contributed by atoms with Gasteiger partial charge in [0.05, 0.1) is 11.9 Å². The number of carbonyl (C=O) groups excluding carboxylic acids is 3. The molecule has 0 aliphatic carbocycles. The zero-order chi connectivity index (χ0) is 21.5. The van der Waals surface area contributed by atoms with Gasteiger partial charge in [-0.3, -0.25) is 19.5 Å². The number of carbonyl (C=O) groups is 3. The standard InChI is InChI=1S/C21H21N3O6/c1-2-22-20(27)23-19(26)18(14-8-4-3-5-9-14)30-17(25)12-13-24-15-10-6-7-11-16(15)29-21(24)28/h3-11,18H,2,12-13H2,1H3,(H2,22,23,26,27)/t18-/m0/s1. The third-order valence-corrected chi connectivity index (χ3v) is 4.28. The van der Waals surface area contributed by atoms with E-state index in [2.05, 4.69) is 10.6 Å². The first-order valence-corrected chi connectivity index (χ1v) is 9.41. The third kappa shape index (κ3) is 4.93. The smallest absolute Gasteiger partial charge is 0.419 e. The Hall–Kier alpha value is -3.88. The second-order valence-corrected chi connectivity index (χ2v) is 6.37. The molecule has 9 heteroatoms. The van der Waals surface area contributed by atoms with E-state index >= 15 is 0 Å². The largest absolute Gasteiger partial charge is 0.447 e. The van der Waals surface area contributed by atoms with Gasteiger partial charge in [0.25, 0.3) is 5.91 Å². The highest BCUT2D eigenvalue weighted by Gasteiger charge is 2.26. The Morgan fingerprint density at radius 3 is 2.50 bits per heavy atom. The minimum absolute atomic E-state index is 0.0220. The molecule has 0 aliphatic heterocycles. The SMILES string of the molecule is CCNC(=O)NC(=O)[C@@H](OC(=O)CCn1c(=O)oc2ccccc21)c1ccccc1. The van der Waals surface area contributed by atoms with Crippen LogP contribution in [-0.4, -0.2) is 29.0 Å². The molecule has 0 bridgehead atoms. The summed E-state index contributed by atoms with van der Waals surface area (Å²) in [4.78, 5) is 48.7. The number of fused-ring (bicyclic) bond motifs is 1. The minimum Gasteiger partial charge on any atom is -0.447 e. The van der Waals surface area contributed by atoms with Crippen molar-refractivity contribution in [2.24, 2.45) is 0 Å². The van der Waals surface area contributed by atoms with Gasteiger partial charge in [-0.25, -0.2) is 9.59 Å². The molecule has 0 unspecified atom stereocenters. The van der Waals surface area contributed by atoms with Crippen molar-refractivity contribution in [1.29, 1.82) is 0 Å². The molecule has 30 heavy (non-hydrogen) atoms. The number of nitrogens with zero attached hydrogens (tertiary/aromatic N) is 1. The number of urea groups is 1. The molecular formula is C21H21N3O6. The molecule has 0 saturated carbocycles. The lowest BCUT2D eigenvalue weighted by atomic mass is 10.1. The second-order valence-electron chi connectivity index (χ2n) is 6.37. The van der Waals surface area contributed by atoms with Crippen LogP contribution in [0.1, 0.15) is 25.0 Å². The van der Waals surface area contributed by atoms with E-state index in [9.17, 15) is 19.2 Å². The lowest BCUT2D eigenvalue weighted by Crippen LogP contribution is -2.42. The van der Waals surface area contributed by atoms with Crippen LogP contribution >= 0.6 is 0 Å². The second kappa shape index (κ2) is 9.55. The van der Waals surface area contributed by atoms with Crippen LogP contribution < -0.4 is 16.4 Å². The predicted molar refractivity (Wildman–Crippen MR) is 108 cm³/mol. The van der Waals surface area contributed by atoms with E-state index in [4.69, 9.17) is 9.15 Å². The van der Waals surface area contributed by atoms with Crippen molar-refractivity contribution in [2.45, 2.75) is 26.0 Å². The summed E-state index contributed by atoms with van der Waals surface area (Å²) in [6, 6.07) is 14.5. The van der Waals surface area contributed by atoms with E-state index in [1.807, 2.05) is 0 Å². The maximum Gasteiger partial charge on any atom is 0.419 e. The topological polar surface area (TPSA) is 120 Å². The number of benzene rings is 2. The van der Waals surface area contributed by atoms with Crippen LogP contribution in [0.2, 0.25) is 0 Å². The zero-order valence-electron chi connectivity index (χ0n) is 16.3. The predicted octanol–water partition coefficient (Wildman–Crippen LogP) is 2.11. The fourth-order valence-electron chi connectivity index (χ4n) is 2.90. The van der Waals surface area contributed by atoms with Gasteiger partial charge in [0.2, 0.25) is 6.10 Å². The highest BCUT2D eigenvalue weighted by Crippen LogP contribution is 2.19. The molecule has 3 rings (SSSR count). The molecule has 2 aromatic carbocycles. The lowest BCUT2D eigenvalue weighted by molar-refractivity contribution is -0.156. The van der Waals surface area contributed by atoms with Gasteiger partial charge >= 0.3 is 17.8 Å². The normalized spacial score (nSPS) is 11.6. The Balaban J connectivity index is 1.71. The van der Waals surface area contributed by atoms with Crippen LogP contribution in [0.4, 0.5) is 4.79 Å². The summed E-state index contributed by atoms with van der Waals surface area (Å²) in [7, 11) is 0. The number of amides is 3. The van der Waals surface area contributed by atoms with Crippen molar-refractivity contribution in [3.8, 4) is 0 Å². The number of nitrogens with one attached hydrogen (secondary N) is 2. The monoisotopic (exact) mass is 411 g/mol. The van der Waals surface area contributed by atoms with E-state index in [0.717, 1.165) is 0 Å². The van der Waals surface area contributed by atoms with Gasteiger partial charge in [-0.2, -0.15) is 0 Å². The van der Waals surface area contributed by atoms with E-state index < -0.39 is 29.8 Å². The van der Waals surface area contributed by atoms with Crippen LogP contribution in [0.15, 0.2) is 63.8 Å². The maximum absolute atomic E-state index is 12.5. The first kappa shape index (κ1) is 20.8. The number of imide groups is 1. The summed E-state index contributed by atoms with van der Waals surface area (Å²) in [6.45, 7) is 2.07. The van der Waals surface area contributed by atoms with Crippen molar-refractivity contribution in [3.63, 3.8) is 0 Å². The van der Waals surface area contributed by atoms with E-state index in [-0.39, 0.29) is 13.0 Å². The average Bonchev–Trinajstić information content (AvgIpc) is 3.06. The van der Waals surface area contributed by atoms with Crippen LogP contribution in [0, 0.1) is 0 Å². The van der Waals surface area contributed by atoms with Crippen molar-refractivity contribution in [2.75, 3.05) is 6.54 Å². The van der Waals surface area contributed by atoms with Gasteiger partial charge in [0.1, 0.15) is 0 Å². The third-order valence-electron chi connectivity index (χ3n) is 4.28. The molecule has 3 aromatic rings. The number of ether oxygens (including phenoxy) is 1. The molecule has 0 fully saturated rings. The molecule has 0 aliphatic rings. The number of oxazole rings is 1. The fraction of sp³-hybridized carbons (Fsp3) is 0.238. The summed E-state index contributed by atoms with van der Waals surface area (Å²) >= 11 is 0. The van der Waals surface area contributed by atoms with Gasteiger partial charge in [0.15, 0.2) is 5.58 Å². The Morgan fingerprint density at radius 1 is 1.07 bits per heavy atom. The summed E-state index contributed by atoms with van der Waals surface area (Å²) in [5, 5.41) is 4.59. The number of rotatable bonds is 7. The number of aryl methyl sites for hydroxylation is 1. The molecule has 2 N–H and O–H groups in total. The number of aromatic nitrogens is 1. The molecule has 156 valence electrons. The summed E-state index contributed by atoms with van der Waals surface area (Å²) < 4.78 is 11.8. The van der Waals surface area contributed by atoms with Crippen molar-refractivity contribution >= 4 is 29.0 Å². The van der Waals surface area contributed by atoms with Crippen LogP contribution in [0.25, 0.3) is 11.1 Å². The maximum atomic E-state index is 12.5. The molecule has 0 spiro atoms. The molecule has 1 atom stereocenters. The number of hydrogen-bond donors (Lipinski definition) is 2. The molecule has 9 nitrogen and oxygen atoms in total. The molecule has 1 heterocycles. The Bertz CT molecular complexity index is 1100. The van der Waals surface area contributed by atoms with Gasteiger partial charge in [-0.15, -0.1) is 0 Å². The molecule has 0 saturated heterocycles. The first-order chi connectivity index (χ1) is 14.5. The average molecular weight is 411 g/mol. The van der Waals surface area contributed by atoms with E-state index in [1.165, 1.54) is 4.57 Å². The number of hydrogen-bond acceptors (Lipinski definition) is 6. The quantitative estimate of drug-likeness (QED) is 0.575. The summed E-state index contributed by atoms with van der Waals surface area (Å²) in [5.41, 5.74) is 1.39. The van der Waals surface area contributed by atoms with Crippen LogP contribution in [-0.2, 0) is 20.9 Å². The molecule has 0 radical (unpaired) electrons. The van der Waals surface area contributed by atoms with Gasteiger partial charge < -0.3 is 14.5 Å². The fourth-order valence-corrected chi connectivity index (χ4v) is 2.90. The van der Waals surface area contributed by atoms with Crippen molar-refractivity contribution in [1.82, 2.24) is 15.2 Å². The highest BCUT2D eigenvalue weighted by atomic mass is 16.5. The number of para-hydroxylation sites is 2. The van der Waals surface area contributed by atoms with Crippen LogP contribution in [0.3, 0.4) is 0 Å². The summed E-state index contributed by atoms with van der Waals surface area (Å²) in [6.07, 6.45) is -1.47.